The second kappa shape index (κ2) is 10.4. The molecular weight excluding hydrogens is 416 g/mol. The van der Waals surface area contributed by atoms with E-state index in [4.69, 9.17) is 0 Å². The van der Waals surface area contributed by atoms with E-state index >= 15 is 0 Å². The van der Waals surface area contributed by atoms with Crippen LogP contribution in [0.2, 0.25) is 0 Å². The lowest BCUT2D eigenvalue weighted by atomic mass is 10.1. The minimum atomic E-state index is -0.188. The van der Waals surface area contributed by atoms with Gasteiger partial charge in [-0.15, -0.1) is 0 Å². The molecule has 4 rings (SSSR count). The summed E-state index contributed by atoms with van der Waals surface area (Å²) in [4.78, 5) is 25.4. The maximum absolute atomic E-state index is 12.8. The van der Waals surface area contributed by atoms with E-state index in [1.165, 1.54) is 28.6 Å². The first-order chi connectivity index (χ1) is 15.6. The zero-order valence-electron chi connectivity index (χ0n) is 18.4. The van der Waals surface area contributed by atoms with Crippen LogP contribution in [0.5, 0.6) is 0 Å². The molecule has 2 aromatic heterocycles. The number of hydrogen-bond donors (Lipinski definition) is 0. The van der Waals surface area contributed by atoms with E-state index < -0.39 is 0 Å². The molecule has 0 amide bonds. The highest BCUT2D eigenvalue weighted by atomic mass is 32.2. The third kappa shape index (κ3) is 5.71. The molecule has 0 fully saturated rings. The predicted molar refractivity (Wildman–Crippen MR) is 129 cm³/mol. The summed E-state index contributed by atoms with van der Waals surface area (Å²) in [6.45, 7) is 5.00. The Kier molecular flexibility index (Phi) is 7.12. The molecule has 2 aromatic carbocycles. The zero-order chi connectivity index (χ0) is 22.3. The maximum atomic E-state index is 12.8. The molecule has 5 nitrogen and oxygen atoms in total. The topological polar surface area (TPSA) is 60.7 Å². The fraction of sp³-hybridized carbons (Fsp3) is 0.231. The summed E-state index contributed by atoms with van der Waals surface area (Å²) < 4.78 is 2.11. The van der Waals surface area contributed by atoms with E-state index in [9.17, 15) is 4.79 Å². The maximum Gasteiger partial charge on any atom is 0.277 e. The Morgan fingerprint density at radius 3 is 2.44 bits per heavy atom. The molecule has 0 aliphatic heterocycles. The van der Waals surface area contributed by atoms with Gasteiger partial charge in [0, 0.05) is 42.9 Å². The molecule has 32 heavy (non-hydrogen) atoms. The van der Waals surface area contributed by atoms with Crippen molar-refractivity contribution in [1.82, 2.24) is 19.5 Å². The third-order valence-electron chi connectivity index (χ3n) is 5.46. The van der Waals surface area contributed by atoms with Crippen LogP contribution >= 0.6 is 11.8 Å². The van der Waals surface area contributed by atoms with Gasteiger partial charge in [-0.3, -0.25) is 4.79 Å². The van der Waals surface area contributed by atoms with E-state index in [1.807, 2.05) is 12.3 Å². The van der Waals surface area contributed by atoms with Crippen molar-refractivity contribution in [3.8, 4) is 0 Å². The van der Waals surface area contributed by atoms with Crippen LogP contribution in [0.15, 0.2) is 83.4 Å². The minimum absolute atomic E-state index is 0.188. The summed E-state index contributed by atoms with van der Waals surface area (Å²) in [5, 5.41) is 0.747. The molecule has 0 aliphatic rings. The minimum Gasteiger partial charge on any atom is -0.327 e. The molecule has 0 bridgehead atoms. The van der Waals surface area contributed by atoms with Crippen molar-refractivity contribution in [3.63, 3.8) is 0 Å². The van der Waals surface area contributed by atoms with Crippen LogP contribution in [0.4, 0.5) is 0 Å². The Bertz CT molecular complexity index is 1240. The molecule has 0 aliphatic carbocycles. The van der Waals surface area contributed by atoms with Gasteiger partial charge in [0.05, 0.1) is 0 Å². The monoisotopic (exact) mass is 442 g/mol. The quantitative estimate of drug-likeness (QED) is 0.290. The smallest absolute Gasteiger partial charge is 0.277 e. The van der Waals surface area contributed by atoms with Crippen molar-refractivity contribution < 1.29 is 0 Å². The van der Waals surface area contributed by atoms with Crippen molar-refractivity contribution in [2.45, 2.75) is 44.1 Å². The first kappa shape index (κ1) is 22.0. The van der Waals surface area contributed by atoms with Gasteiger partial charge < -0.3 is 4.57 Å². The first-order valence-electron chi connectivity index (χ1n) is 10.7. The molecule has 0 N–H and O–H groups in total. The standard InChI is InChI=1S/C26H26N4OS/c1-19-8-9-22(12-20(19)2)17-32-26-29-25(31)24(13-23-14-27-18-28-15-23)16-30(26)11-10-21-6-4-3-5-7-21/h3-9,12,14-16,18H,10-11,13,17H2,1-2H3. The fourth-order valence-electron chi connectivity index (χ4n) is 3.49. The second-order valence-corrected chi connectivity index (χ2v) is 8.86. The lowest BCUT2D eigenvalue weighted by Gasteiger charge is -2.14. The summed E-state index contributed by atoms with van der Waals surface area (Å²) in [5.74, 6) is 0.769. The summed E-state index contributed by atoms with van der Waals surface area (Å²) in [5.41, 5.74) is 6.41. The van der Waals surface area contributed by atoms with Gasteiger partial charge in [-0.05, 0) is 48.1 Å². The number of benzene rings is 2. The molecular formula is C26H26N4OS. The molecule has 0 saturated carbocycles. The third-order valence-corrected chi connectivity index (χ3v) is 6.52. The molecule has 0 spiro atoms. The van der Waals surface area contributed by atoms with Crippen LogP contribution in [0.3, 0.4) is 0 Å². The van der Waals surface area contributed by atoms with Crippen LogP contribution in [0.1, 0.15) is 33.4 Å². The van der Waals surface area contributed by atoms with E-state index in [2.05, 4.69) is 75.8 Å². The Morgan fingerprint density at radius 1 is 0.906 bits per heavy atom. The SMILES string of the molecule is Cc1ccc(CSc2nc(=O)c(Cc3cncnc3)cn2CCc2ccccc2)cc1C. The van der Waals surface area contributed by atoms with Crippen molar-refractivity contribution in [1.29, 1.82) is 0 Å². The van der Waals surface area contributed by atoms with E-state index in [0.717, 1.165) is 29.4 Å². The molecule has 0 atom stereocenters. The Morgan fingerprint density at radius 2 is 1.69 bits per heavy atom. The van der Waals surface area contributed by atoms with Crippen LogP contribution < -0.4 is 5.56 Å². The number of hydrogen-bond acceptors (Lipinski definition) is 5. The summed E-state index contributed by atoms with van der Waals surface area (Å²) in [6.07, 6.45) is 8.27. The van der Waals surface area contributed by atoms with E-state index in [-0.39, 0.29) is 5.56 Å². The Balaban J connectivity index is 1.59. The lowest BCUT2D eigenvalue weighted by molar-refractivity contribution is 0.595. The van der Waals surface area contributed by atoms with Crippen LogP contribution in [-0.2, 0) is 25.1 Å². The van der Waals surface area contributed by atoms with Crippen molar-refractivity contribution in [2.75, 3.05) is 0 Å². The van der Waals surface area contributed by atoms with Gasteiger partial charge in [-0.25, -0.2) is 9.97 Å². The predicted octanol–water partition coefficient (Wildman–Crippen LogP) is 4.78. The molecule has 4 aromatic rings. The van der Waals surface area contributed by atoms with Crippen molar-refractivity contribution in [3.05, 3.63) is 117 Å². The normalized spacial score (nSPS) is 10.9. The van der Waals surface area contributed by atoms with Gasteiger partial charge in [-0.2, -0.15) is 4.98 Å². The van der Waals surface area contributed by atoms with Gasteiger partial charge in [0.2, 0.25) is 0 Å². The largest absolute Gasteiger partial charge is 0.327 e. The van der Waals surface area contributed by atoms with Crippen molar-refractivity contribution in [2.24, 2.45) is 0 Å². The van der Waals surface area contributed by atoms with Crippen LogP contribution in [0.25, 0.3) is 0 Å². The number of aromatic nitrogens is 4. The number of rotatable bonds is 8. The lowest BCUT2D eigenvalue weighted by Crippen LogP contribution is -2.20. The molecule has 0 saturated heterocycles. The van der Waals surface area contributed by atoms with Gasteiger partial charge in [0.25, 0.3) is 5.56 Å². The van der Waals surface area contributed by atoms with Gasteiger partial charge in [0.1, 0.15) is 6.33 Å². The summed E-state index contributed by atoms with van der Waals surface area (Å²) in [6, 6.07) is 16.9. The Labute approximate surface area is 192 Å². The average molecular weight is 443 g/mol. The van der Waals surface area contributed by atoms with Crippen molar-refractivity contribution >= 4 is 11.8 Å². The highest BCUT2D eigenvalue weighted by Crippen LogP contribution is 2.23. The Hall–Kier alpha value is -3.25. The second-order valence-electron chi connectivity index (χ2n) is 7.91. The fourth-order valence-corrected chi connectivity index (χ4v) is 4.43. The number of thioether (sulfide) groups is 1. The summed E-state index contributed by atoms with van der Waals surface area (Å²) >= 11 is 1.61. The van der Waals surface area contributed by atoms with Crippen LogP contribution in [0, 0.1) is 13.8 Å². The molecule has 0 radical (unpaired) electrons. The molecule has 2 heterocycles. The zero-order valence-corrected chi connectivity index (χ0v) is 19.2. The highest BCUT2D eigenvalue weighted by molar-refractivity contribution is 7.98. The van der Waals surface area contributed by atoms with Crippen LogP contribution in [-0.4, -0.2) is 19.5 Å². The number of aryl methyl sites for hydroxylation is 4. The van der Waals surface area contributed by atoms with Gasteiger partial charge in [-0.1, -0.05) is 60.3 Å². The molecule has 6 heteroatoms. The summed E-state index contributed by atoms with van der Waals surface area (Å²) in [7, 11) is 0. The van der Waals surface area contributed by atoms with Gasteiger partial charge in [0.15, 0.2) is 5.16 Å². The van der Waals surface area contributed by atoms with Gasteiger partial charge >= 0.3 is 0 Å². The molecule has 0 unspecified atom stereocenters. The average Bonchev–Trinajstić information content (AvgIpc) is 2.81. The number of nitrogens with zero attached hydrogens (tertiary/aromatic N) is 4. The molecule has 162 valence electrons. The van der Waals surface area contributed by atoms with E-state index in [0.29, 0.717) is 12.0 Å². The van der Waals surface area contributed by atoms with E-state index in [1.54, 1.807) is 24.2 Å². The first-order valence-corrected chi connectivity index (χ1v) is 11.6. The highest BCUT2D eigenvalue weighted by Gasteiger charge is 2.11.